The van der Waals surface area contributed by atoms with E-state index in [-0.39, 0.29) is 0 Å². The van der Waals surface area contributed by atoms with Gasteiger partial charge >= 0.3 is 0 Å². The number of aromatic nitrogens is 1. The molecule has 0 fully saturated rings. The fourth-order valence-electron chi connectivity index (χ4n) is 0.776. The summed E-state index contributed by atoms with van der Waals surface area (Å²) in [5.41, 5.74) is 0.995. The van der Waals surface area contributed by atoms with Crippen LogP contribution < -0.4 is 4.74 Å². The molecule has 0 atom stereocenters. The molecule has 2 nitrogen and oxygen atoms in total. The molecule has 0 aliphatic carbocycles. The second-order valence-electron chi connectivity index (χ2n) is 2.55. The quantitative estimate of drug-likeness (QED) is 0.614. The van der Waals surface area contributed by atoms with E-state index in [0.29, 0.717) is 6.61 Å². The average Bonchev–Trinajstić information content (AvgIpc) is 2.02. The van der Waals surface area contributed by atoms with Crippen LogP contribution in [0.25, 0.3) is 0 Å². The van der Waals surface area contributed by atoms with Crippen LogP contribution in [0.15, 0.2) is 23.2 Å². The molecule has 1 aromatic heterocycles. The molecule has 13 heavy (non-hydrogen) atoms. The minimum atomic E-state index is 0.473. The molecule has 1 aromatic rings. The minimum absolute atomic E-state index is 0.473. The van der Waals surface area contributed by atoms with Crippen molar-refractivity contribution in [3.8, 4) is 5.75 Å². The Morgan fingerprint density at radius 1 is 1.69 bits per heavy atom. The molecule has 0 unspecified atom stereocenters. The summed E-state index contributed by atoms with van der Waals surface area (Å²) in [4.78, 5) is 4.27. The smallest absolute Gasteiger partial charge is 0.151 e. The Hall–Kier alpha value is -0.100. The van der Waals surface area contributed by atoms with Gasteiger partial charge in [0.05, 0.1) is 0 Å². The number of hydrogen-bond acceptors (Lipinski definition) is 2. The van der Waals surface area contributed by atoms with E-state index in [0.717, 1.165) is 19.6 Å². The third-order valence-electron chi connectivity index (χ3n) is 1.34. The van der Waals surface area contributed by atoms with Gasteiger partial charge in [-0.05, 0) is 41.6 Å². The Labute approximate surface area is 99.7 Å². The van der Waals surface area contributed by atoms with E-state index in [9.17, 15) is 0 Å². The summed E-state index contributed by atoms with van der Waals surface area (Å²) in [6.45, 7) is 6.11. The van der Waals surface area contributed by atoms with Gasteiger partial charge in [-0.25, -0.2) is 4.98 Å². The van der Waals surface area contributed by atoms with Crippen molar-refractivity contribution in [2.45, 2.75) is 6.92 Å². The first-order valence-electron chi connectivity index (χ1n) is 3.69. The lowest BCUT2D eigenvalue weighted by molar-refractivity contribution is 0.356. The third-order valence-corrected chi connectivity index (χ3v) is 2.34. The standard InChI is InChI=1S/C9H9BrINO/c1-6(10)5-13-8-4-3-7(2)12-9(8)11/h3-4H,1,5H2,2H3. The van der Waals surface area contributed by atoms with E-state index in [2.05, 4.69) is 50.1 Å². The fraction of sp³-hybridized carbons (Fsp3) is 0.222. The molecule has 0 bridgehead atoms. The van der Waals surface area contributed by atoms with Crippen molar-refractivity contribution in [3.63, 3.8) is 0 Å². The molecule has 4 heteroatoms. The van der Waals surface area contributed by atoms with Crippen molar-refractivity contribution in [2.75, 3.05) is 6.61 Å². The van der Waals surface area contributed by atoms with Gasteiger partial charge in [-0.1, -0.05) is 22.5 Å². The van der Waals surface area contributed by atoms with Crippen molar-refractivity contribution in [2.24, 2.45) is 0 Å². The molecule has 0 saturated heterocycles. The Morgan fingerprint density at radius 3 is 2.92 bits per heavy atom. The van der Waals surface area contributed by atoms with Gasteiger partial charge in [-0.3, -0.25) is 0 Å². The Bertz CT molecular complexity index is 327. The summed E-state index contributed by atoms with van der Waals surface area (Å²) < 4.78 is 7.14. The normalized spacial score (nSPS) is 9.77. The summed E-state index contributed by atoms with van der Waals surface area (Å²) in [5, 5.41) is 0. The van der Waals surface area contributed by atoms with Crippen LogP contribution in [0.1, 0.15) is 5.69 Å². The first kappa shape index (κ1) is 11.0. The predicted octanol–water partition coefficient (Wildman–Crippen LogP) is 3.28. The zero-order valence-corrected chi connectivity index (χ0v) is 10.9. The lowest BCUT2D eigenvalue weighted by Crippen LogP contribution is -1.99. The highest BCUT2D eigenvalue weighted by Crippen LogP contribution is 2.19. The molecule has 0 aliphatic heterocycles. The average molecular weight is 354 g/mol. The molecule has 0 N–H and O–H groups in total. The summed E-state index contributed by atoms with van der Waals surface area (Å²) in [5.74, 6) is 0.798. The number of halogens is 2. The van der Waals surface area contributed by atoms with Gasteiger partial charge < -0.3 is 4.74 Å². The number of pyridine rings is 1. The van der Waals surface area contributed by atoms with Gasteiger partial charge in [0.25, 0.3) is 0 Å². The van der Waals surface area contributed by atoms with Crippen LogP contribution in [0.2, 0.25) is 0 Å². The first-order valence-corrected chi connectivity index (χ1v) is 5.56. The minimum Gasteiger partial charge on any atom is -0.486 e. The van der Waals surface area contributed by atoms with E-state index in [4.69, 9.17) is 4.74 Å². The van der Waals surface area contributed by atoms with Crippen LogP contribution in [-0.4, -0.2) is 11.6 Å². The van der Waals surface area contributed by atoms with Crippen molar-refractivity contribution in [1.29, 1.82) is 0 Å². The molecule has 1 rings (SSSR count). The Kier molecular flexibility index (Phi) is 4.18. The Morgan fingerprint density at radius 2 is 2.38 bits per heavy atom. The van der Waals surface area contributed by atoms with E-state index < -0.39 is 0 Å². The molecular formula is C9H9BrINO. The molecule has 0 amide bonds. The lowest BCUT2D eigenvalue weighted by Gasteiger charge is -2.06. The molecular weight excluding hydrogens is 345 g/mol. The van der Waals surface area contributed by atoms with Gasteiger partial charge in [0.1, 0.15) is 10.3 Å². The van der Waals surface area contributed by atoms with Crippen molar-refractivity contribution in [3.05, 3.63) is 32.6 Å². The predicted molar refractivity (Wildman–Crippen MR) is 65.3 cm³/mol. The second-order valence-corrected chi connectivity index (χ2v) is 4.69. The number of aryl methyl sites for hydroxylation is 1. The molecule has 0 aliphatic rings. The highest BCUT2D eigenvalue weighted by Gasteiger charge is 2.01. The SMILES string of the molecule is C=C(Br)COc1ccc(C)nc1I. The molecule has 70 valence electrons. The van der Waals surface area contributed by atoms with Gasteiger partial charge in [0, 0.05) is 10.2 Å². The van der Waals surface area contributed by atoms with Crippen LogP contribution in [0.3, 0.4) is 0 Å². The van der Waals surface area contributed by atoms with Crippen LogP contribution in [0.5, 0.6) is 5.75 Å². The monoisotopic (exact) mass is 353 g/mol. The van der Waals surface area contributed by atoms with Gasteiger partial charge in [0.15, 0.2) is 5.75 Å². The fourth-order valence-corrected chi connectivity index (χ4v) is 1.61. The summed E-state index contributed by atoms with van der Waals surface area (Å²) in [7, 11) is 0. The summed E-state index contributed by atoms with van der Waals surface area (Å²) in [6, 6.07) is 3.84. The Balaban J connectivity index is 2.72. The zero-order valence-electron chi connectivity index (χ0n) is 7.18. The molecule has 0 spiro atoms. The van der Waals surface area contributed by atoms with Gasteiger partial charge in [0.2, 0.25) is 0 Å². The molecule has 0 aromatic carbocycles. The topological polar surface area (TPSA) is 22.1 Å². The van der Waals surface area contributed by atoms with Gasteiger partial charge in [-0.2, -0.15) is 0 Å². The lowest BCUT2D eigenvalue weighted by atomic mass is 10.4. The number of hydrogen-bond donors (Lipinski definition) is 0. The molecule has 0 radical (unpaired) electrons. The van der Waals surface area contributed by atoms with E-state index in [1.54, 1.807) is 0 Å². The van der Waals surface area contributed by atoms with Crippen LogP contribution >= 0.6 is 38.5 Å². The summed E-state index contributed by atoms with van der Waals surface area (Å²) >= 11 is 5.38. The van der Waals surface area contributed by atoms with Gasteiger partial charge in [-0.15, -0.1) is 0 Å². The van der Waals surface area contributed by atoms with E-state index in [1.165, 1.54) is 0 Å². The maximum absolute atomic E-state index is 5.44. The molecule has 0 saturated carbocycles. The van der Waals surface area contributed by atoms with Crippen LogP contribution in [-0.2, 0) is 0 Å². The van der Waals surface area contributed by atoms with E-state index in [1.807, 2.05) is 19.1 Å². The van der Waals surface area contributed by atoms with Crippen LogP contribution in [0, 0.1) is 10.6 Å². The highest BCUT2D eigenvalue weighted by molar-refractivity contribution is 14.1. The molecule has 1 heterocycles. The largest absolute Gasteiger partial charge is 0.486 e. The number of nitrogens with zero attached hydrogens (tertiary/aromatic N) is 1. The maximum Gasteiger partial charge on any atom is 0.151 e. The second kappa shape index (κ2) is 4.95. The van der Waals surface area contributed by atoms with Crippen molar-refractivity contribution in [1.82, 2.24) is 4.98 Å². The highest BCUT2D eigenvalue weighted by atomic mass is 127. The first-order chi connectivity index (χ1) is 6.09. The van der Waals surface area contributed by atoms with E-state index >= 15 is 0 Å². The third kappa shape index (κ3) is 3.64. The van der Waals surface area contributed by atoms with Crippen molar-refractivity contribution < 1.29 is 4.74 Å². The zero-order chi connectivity index (χ0) is 9.84. The maximum atomic E-state index is 5.44. The van der Waals surface area contributed by atoms with Crippen molar-refractivity contribution >= 4 is 38.5 Å². The number of ether oxygens (including phenoxy) is 1. The number of rotatable bonds is 3. The van der Waals surface area contributed by atoms with Crippen LogP contribution in [0.4, 0.5) is 0 Å². The summed E-state index contributed by atoms with van der Waals surface area (Å²) in [6.07, 6.45) is 0.